The summed E-state index contributed by atoms with van der Waals surface area (Å²) in [6, 6.07) is -2.26. The highest BCUT2D eigenvalue weighted by Gasteiger charge is 2.56. The highest BCUT2D eigenvalue weighted by molar-refractivity contribution is 8.03. The molecular formula is C20H18F3N5O8S2. The molecule has 0 aliphatic carbocycles. The first-order valence-electron chi connectivity index (χ1n) is 10.3. The van der Waals surface area contributed by atoms with E-state index in [1.54, 1.807) is 0 Å². The highest BCUT2D eigenvalue weighted by Crippen LogP contribution is 2.42. The largest absolute Gasteiger partial charge is 0.491 e. The molecule has 1 fully saturated rings. The van der Waals surface area contributed by atoms with Gasteiger partial charge in [0.05, 0.1) is 23.1 Å². The topological polar surface area (TPSA) is 180 Å². The molecule has 1 aromatic heterocycles. The molecule has 3 rings (SSSR count). The van der Waals surface area contributed by atoms with E-state index in [4.69, 9.17) is 10.5 Å². The quantitative estimate of drug-likeness (QED) is 0.110. The van der Waals surface area contributed by atoms with Gasteiger partial charge in [-0.25, -0.2) is 19.4 Å². The van der Waals surface area contributed by atoms with Gasteiger partial charge in [-0.3, -0.25) is 14.5 Å². The Morgan fingerprint density at radius 2 is 2.03 bits per heavy atom. The van der Waals surface area contributed by atoms with Crippen molar-refractivity contribution >= 4 is 63.7 Å². The summed E-state index contributed by atoms with van der Waals surface area (Å²) in [6.45, 7) is 4.89. The van der Waals surface area contributed by atoms with Gasteiger partial charge in [-0.15, -0.1) is 23.1 Å². The first-order valence-corrected chi connectivity index (χ1v) is 12.2. The van der Waals surface area contributed by atoms with Crippen molar-refractivity contribution in [2.75, 3.05) is 25.2 Å². The second-order valence-electron chi connectivity index (χ2n) is 7.28. The van der Waals surface area contributed by atoms with Gasteiger partial charge in [0.1, 0.15) is 24.5 Å². The number of ether oxygens (including phenoxy) is 2. The van der Waals surface area contributed by atoms with Crippen LogP contribution in [0.3, 0.4) is 0 Å². The Morgan fingerprint density at radius 3 is 2.58 bits per heavy atom. The third kappa shape index (κ3) is 5.64. The minimum Gasteiger partial charge on any atom is -0.462 e. The van der Waals surface area contributed by atoms with E-state index >= 15 is 0 Å². The van der Waals surface area contributed by atoms with Crippen LogP contribution in [0.5, 0.6) is 0 Å². The molecule has 1 aromatic rings. The summed E-state index contributed by atoms with van der Waals surface area (Å²) in [5.41, 5.74) is 4.04. The number of oxime groups is 1. The number of rotatable bonds is 8. The molecule has 3 N–H and O–H groups in total. The number of aromatic nitrogens is 1. The maximum Gasteiger partial charge on any atom is 0.491 e. The number of hydrogen-bond acceptors (Lipinski definition) is 13. The van der Waals surface area contributed by atoms with Crippen molar-refractivity contribution in [3.63, 3.8) is 0 Å². The maximum absolute atomic E-state index is 13.0. The minimum absolute atomic E-state index is 0.0329. The molecule has 18 heteroatoms. The van der Waals surface area contributed by atoms with Gasteiger partial charge in [-0.1, -0.05) is 11.7 Å². The third-order valence-electron chi connectivity index (χ3n) is 4.93. The highest BCUT2D eigenvalue weighted by atomic mass is 32.2. The molecule has 0 radical (unpaired) electrons. The average molecular weight is 578 g/mol. The summed E-state index contributed by atoms with van der Waals surface area (Å²) < 4.78 is 46.9. The van der Waals surface area contributed by atoms with Crippen molar-refractivity contribution in [3.8, 4) is 0 Å². The number of β-lactam (4-membered cyclic amide) rings is 1. The lowest BCUT2D eigenvalue weighted by atomic mass is 9.94. The number of esters is 3. The van der Waals surface area contributed by atoms with Gasteiger partial charge in [0.2, 0.25) is 0 Å². The van der Waals surface area contributed by atoms with E-state index in [1.807, 2.05) is 0 Å². The summed E-state index contributed by atoms with van der Waals surface area (Å²) in [7, 11) is 1.17. The fraction of sp³-hybridized carbons (Fsp3) is 0.350. The van der Waals surface area contributed by atoms with Gasteiger partial charge in [0.25, 0.3) is 11.8 Å². The first kappa shape index (κ1) is 28.6. The van der Waals surface area contributed by atoms with E-state index in [0.717, 1.165) is 28.0 Å². The van der Waals surface area contributed by atoms with E-state index in [9.17, 15) is 37.1 Å². The molecule has 2 unspecified atom stereocenters. The Balaban J connectivity index is 1.91. The summed E-state index contributed by atoms with van der Waals surface area (Å²) in [5, 5.41) is 7.54. The number of carbonyl (C=O) groups excluding carboxylic acids is 5. The van der Waals surface area contributed by atoms with E-state index in [-0.39, 0.29) is 33.8 Å². The molecule has 204 valence electrons. The lowest BCUT2D eigenvalue weighted by molar-refractivity contribution is -0.201. The van der Waals surface area contributed by atoms with Crippen molar-refractivity contribution in [2.24, 2.45) is 5.16 Å². The number of thiazole rings is 1. The van der Waals surface area contributed by atoms with Gasteiger partial charge in [0, 0.05) is 11.1 Å². The number of hydrogen-bond donors (Lipinski definition) is 2. The number of nitrogens with one attached hydrogen (secondary N) is 1. The van der Waals surface area contributed by atoms with Crippen LogP contribution in [0.4, 0.5) is 18.3 Å². The Labute approximate surface area is 219 Å². The van der Waals surface area contributed by atoms with Crippen molar-refractivity contribution in [1.82, 2.24) is 15.2 Å². The zero-order chi connectivity index (χ0) is 28.4. The molecule has 1 saturated heterocycles. The molecule has 0 bridgehead atoms. The molecule has 2 atom stereocenters. The van der Waals surface area contributed by atoms with E-state index < -0.39 is 59.3 Å². The average Bonchev–Trinajstić information content (AvgIpc) is 3.29. The van der Waals surface area contributed by atoms with Crippen LogP contribution in [0.25, 0.3) is 0 Å². The zero-order valence-corrected chi connectivity index (χ0v) is 21.1. The molecule has 2 aliphatic rings. The number of thioether (sulfide) groups is 1. The summed E-state index contributed by atoms with van der Waals surface area (Å²) >= 11 is 1.78. The van der Waals surface area contributed by atoms with Gasteiger partial charge in [-0.2, -0.15) is 13.2 Å². The molecule has 38 heavy (non-hydrogen) atoms. The molecule has 3 heterocycles. The monoisotopic (exact) mass is 577 g/mol. The first-order chi connectivity index (χ1) is 17.8. The molecule has 2 amide bonds. The number of halogens is 3. The maximum atomic E-state index is 13.0. The van der Waals surface area contributed by atoms with Crippen molar-refractivity contribution < 1.29 is 51.5 Å². The zero-order valence-electron chi connectivity index (χ0n) is 19.5. The second-order valence-corrected chi connectivity index (χ2v) is 9.20. The smallest absolute Gasteiger partial charge is 0.462 e. The number of nitrogen functional groups attached to an aromatic ring is 1. The van der Waals surface area contributed by atoms with Gasteiger partial charge in [-0.05, 0) is 6.92 Å². The fourth-order valence-corrected chi connectivity index (χ4v) is 5.12. The van der Waals surface area contributed by atoms with Crippen LogP contribution in [0, 0.1) is 0 Å². The molecule has 0 aromatic carbocycles. The van der Waals surface area contributed by atoms with Crippen LogP contribution in [0.1, 0.15) is 12.6 Å². The van der Waals surface area contributed by atoms with Gasteiger partial charge >= 0.3 is 24.1 Å². The lowest BCUT2D eigenvalue weighted by Gasteiger charge is -2.49. The molecule has 0 spiro atoms. The third-order valence-corrected chi connectivity index (χ3v) is 6.84. The predicted octanol–water partition coefficient (Wildman–Crippen LogP) is 0.481. The van der Waals surface area contributed by atoms with Crippen LogP contribution in [0.2, 0.25) is 0 Å². The van der Waals surface area contributed by atoms with Crippen molar-refractivity contribution in [3.05, 3.63) is 33.8 Å². The standard InChI is InChI=1S/C20H18F3N5O8S2/c1-4-35-16(31)7(2)13-12(17(32)36-18(33)20(21,22)23)28-9(6-37-13)11(15(28)30)26-14(29)10(27-34-3)8-5-38-19(24)25-8/h5,9,11H,2,4,6H2,1,3H3,(H2,24,25)(H,26,29)/b27-10+. The Hall–Kier alpha value is -3.93. The molecular weight excluding hydrogens is 559 g/mol. The number of alkyl halides is 3. The molecule has 13 nitrogen and oxygen atoms in total. The Morgan fingerprint density at radius 1 is 1.34 bits per heavy atom. The lowest BCUT2D eigenvalue weighted by Crippen LogP contribution is -2.73. The minimum atomic E-state index is -5.51. The van der Waals surface area contributed by atoms with Crippen LogP contribution < -0.4 is 11.1 Å². The number of fused-ring (bicyclic) bond motifs is 1. The number of amides is 2. The fourth-order valence-electron chi connectivity index (χ4n) is 3.32. The van der Waals surface area contributed by atoms with Gasteiger partial charge in [0.15, 0.2) is 10.8 Å². The van der Waals surface area contributed by atoms with Gasteiger partial charge < -0.3 is 25.4 Å². The van der Waals surface area contributed by atoms with Crippen molar-refractivity contribution in [1.29, 1.82) is 0 Å². The predicted molar refractivity (Wildman–Crippen MR) is 125 cm³/mol. The SMILES string of the molecule is C=C(C(=O)OCC)C1=C(C(=O)OC(=O)C(F)(F)F)N2C(=O)C(NC(=O)/C(=N/OC)c3csc(N)n3)C2CS1. The van der Waals surface area contributed by atoms with Crippen LogP contribution >= 0.6 is 23.1 Å². The van der Waals surface area contributed by atoms with Crippen molar-refractivity contribution in [2.45, 2.75) is 25.2 Å². The number of anilines is 1. The molecule has 2 aliphatic heterocycles. The summed E-state index contributed by atoms with van der Waals surface area (Å²) in [4.78, 5) is 71.0. The Bertz CT molecular complexity index is 1280. The number of nitrogens with two attached hydrogens (primary N) is 1. The number of carbonyl (C=O) groups is 5. The van der Waals surface area contributed by atoms with E-state index in [0.29, 0.717) is 0 Å². The van der Waals surface area contributed by atoms with E-state index in [2.05, 4.69) is 31.6 Å². The normalized spacial score (nSPS) is 19.2. The van der Waals surface area contributed by atoms with Crippen LogP contribution in [-0.4, -0.2) is 83.0 Å². The second kappa shape index (κ2) is 11.2. The Kier molecular flexibility index (Phi) is 8.45. The van der Waals surface area contributed by atoms with E-state index in [1.165, 1.54) is 19.4 Å². The molecule has 0 saturated carbocycles. The summed E-state index contributed by atoms with van der Waals surface area (Å²) in [5.74, 6) is -7.57. The van der Waals surface area contributed by atoms with Crippen LogP contribution in [0.15, 0.2) is 33.3 Å². The number of nitrogens with zero attached hydrogens (tertiary/aromatic N) is 3. The van der Waals surface area contributed by atoms with Crippen LogP contribution in [-0.2, 0) is 38.3 Å². The summed E-state index contributed by atoms with van der Waals surface area (Å²) in [6.07, 6.45) is -5.51.